The number of imide groups is 1. The van der Waals surface area contributed by atoms with Crippen molar-refractivity contribution in [2.24, 2.45) is 0 Å². The van der Waals surface area contributed by atoms with Crippen LogP contribution in [0.2, 0.25) is 0 Å². The number of nitrogen functional groups attached to an aromatic ring is 1. The van der Waals surface area contributed by atoms with Crippen LogP contribution in [-0.2, 0) is 9.59 Å². The van der Waals surface area contributed by atoms with E-state index in [4.69, 9.17) is 5.73 Å². The Morgan fingerprint density at radius 2 is 1.90 bits per heavy atom. The van der Waals surface area contributed by atoms with Crippen molar-refractivity contribution in [3.63, 3.8) is 0 Å². The molecule has 2 rings (SSSR count). The molecule has 0 atom stereocenters. The second-order valence-corrected chi connectivity index (χ2v) is 4.28. The van der Waals surface area contributed by atoms with Gasteiger partial charge in [-0.25, -0.2) is 4.39 Å². The molecule has 1 aromatic carbocycles. The van der Waals surface area contributed by atoms with E-state index in [0.29, 0.717) is 6.07 Å². The maximum atomic E-state index is 13.3. The first kappa shape index (κ1) is 14.4. The topological polar surface area (TPSA) is 136 Å². The number of hydrogen-bond donors (Lipinski definition) is 2. The zero-order chi connectivity index (χ0) is 15.7. The zero-order valence-corrected chi connectivity index (χ0v) is 10.5. The van der Waals surface area contributed by atoms with Crippen LogP contribution in [0, 0.1) is 15.9 Å². The third-order valence-corrected chi connectivity index (χ3v) is 2.78. The molecule has 3 amide bonds. The van der Waals surface area contributed by atoms with Gasteiger partial charge in [0.1, 0.15) is 18.7 Å². The molecule has 0 aromatic heterocycles. The molecule has 3 N–H and O–H groups in total. The minimum atomic E-state index is -1.04. The highest BCUT2D eigenvalue weighted by atomic mass is 19.1. The monoisotopic (exact) mass is 296 g/mol. The number of anilines is 1. The molecule has 1 aliphatic heterocycles. The molecule has 1 saturated heterocycles. The summed E-state index contributed by atoms with van der Waals surface area (Å²) in [7, 11) is 0. The van der Waals surface area contributed by atoms with Gasteiger partial charge >= 0.3 is 0 Å². The number of nitrogens with one attached hydrogen (secondary N) is 1. The lowest BCUT2D eigenvalue weighted by atomic mass is 10.1. The number of piperazine rings is 1. The highest BCUT2D eigenvalue weighted by Gasteiger charge is 2.31. The van der Waals surface area contributed by atoms with Gasteiger partial charge < -0.3 is 10.6 Å². The Morgan fingerprint density at radius 3 is 2.43 bits per heavy atom. The fourth-order valence-corrected chi connectivity index (χ4v) is 1.85. The minimum absolute atomic E-state index is 0.432. The summed E-state index contributed by atoms with van der Waals surface area (Å²) in [6, 6.07) is 1.33. The van der Waals surface area contributed by atoms with E-state index in [-0.39, 0.29) is 0 Å². The lowest BCUT2D eigenvalue weighted by Gasteiger charge is -2.25. The normalized spacial score (nSPS) is 14.8. The van der Waals surface area contributed by atoms with Gasteiger partial charge in [0.25, 0.3) is 11.6 Å². The molecule has 0 spiro atoms. The van der Waals surface area contributed by atoms with E-state index in [9.17, 15) is 28.9 Å². The fraction of sp³-hybridized carbons (Fsp3) is 0.182. The number of nitrogens with two attached hydrogens (primary N) is 1. The molecule has 110 valence electrons. The Labute approximate surface area is 116 Å². The van der Waals surface area contributed by atoms with E-state index in [1.54, 1.807) is 0 Å². The number of hydrogen-bond acceptors (Lipinski definition) is 6. The Balaban J connectivity index is 2.43. The van der Waals surface area contributed by atoms with Gasteiger partial charge in [-0.3, -0.25) is 29.8 Å². The number of carbonyl (C=O) groups excluding carboxylic acids is 3. The second-order valence-electron chi connectivity index (χ2n) is 4.28. The SMILES string of the molecule is Nc1cc(C(=O)N2CC(=O)NC(=O)C2)c([N+](=O)[O-])cc1F. The molecule has 0 bridgehead atoms. The van der Waals surface area contributed by atoms with Crippen LogP contribution in [0.5, 0.6) is 0 Å². The first-order valence-corrected chi connectivity index (χ1v) is 5.65. The largest absolute Gasteiger partial charge is 0.396 e. The van der Waals surface area contributed by atoms with Crippen LogP contribution >= 0.6 is 0 Å². The van der Waals surface area contributed by atoms with Gasteiger partial charge in [-0.2, -0.15) is 0 Å². The number of benzene rings is 1. The number of nitrogens with zero attached hydrogens (tertiary/aromatic N) is 2. The van der Waals surface area contributed by atoms with Gasteiger partial charge in [-0.1, -0.05) is 0 Å². The van der Waals surface area contributed by atoms with Crippen molar-refractivity contribution in [1.29, 1.82) is 0 Å². The van der Waals surface area contributed by atoms with Gasteiger partial charge in [0.2, 0.25) is 11.8 Å². The van der Waals surface area contributed by atoms with Crippen LogP contribution in [0.15, 0.2) is 12.1 Å². The molecule has 21 heavy (non-hydrogen) atoms. The Bertz CT molecular complexity index is 659. The quantitative estimate of drug-likeness (QED) is 0.324. The van der Waals surface area contributed by atoms with E-state index in [0.717, 1.165) is 11.0 Å². The van der Waals surface area contributed by atoms with Crippen molar-refractivity contribution in [2.45, 2.75) is 0 Å². The summed E-state index contributed by atoms with van der Waals surface area (Å²) in [6.45, 7) is -0.863. The third-order valence-electron chi connectivity index (χ3n) is 2.78. The van der Waals surface area contributed by atoms with Crippen molar-refractivity contribution in [3.05, 3.63) is 33.6 Å². The summed E-state index contributed by atoms with van der Waals surface area (Å²) in [6.07, 6.45) is 0. The van der Waals surface area contributed by atoms with Crippen LogP contribution in [0.3, 0.4) is 0 Å². The molecule has 1 fully saturated rings. The molecule has 0 radical (unpaired) electrons. The molecular formula is C11H9FN4O5. The fourth-order valence-electron chi connectivity index (χ4n) is 1.85. The van der Waals surface area contributed by atoms with Gasteiger partial charge in [0.05, 0.1) is 16.7 Å². The van der Waals surface area contributed by atoms with Crippen molar-refractivity contribution in [1.82, 2.24) is 10.2 Å². The van der Waals surface area contributed by atoms with Crippen LogP contribution in [0.25, 0.3) is 0 Å². The van der Waals surface area contributed by atoms with Crippen LogP contribution in [0.4, 0.5) is 15.8 Å². The lowest BCUT2D eigenvalue weighted by Crippen LogP contribution is -2.53. The lowest BCUT2D eigenvalue weighted by molar-refractivity contribution is -0.385. The number of nitro benzene ring substituents is 1. The molecule has 1 aliphatic rings. The average Bonchev–Trinajstić information content (AvgIpc) is 2.39. The van der Waals surface area contributed by atoms with E-state index in [2.05, 4.69) is 0 Å². The van der Waals surface area contributed by atoms with E-state index in [1.165, 1.54) is 0 Å². The molecular weight excluding hydrogens is 287 g/mol. The summed E-state index contributed by atoms with van der Waals surface area (Å²) < 4.78 is 13.3. The van der Waals surface area contributed by atoms with Crippen LogP contribution in [-0.4, -0.2) is 40.6 Å². The van der Waals surface area contributed by atoms with Gasteiger partial charge in [0.15, 0.2) is 5.82 Å². The highest BCUT2D eigenvalue weighted by Crippen LogP contribution is 2.25. The first-order valence-electron chi connectivity index (χ1n) is 5.65. The number of rotatable bonds is 2. The van der Waals surface area contributed by atoms with Crippen molar-refractivity contribution in [2.75, 3.05) is 18.8 Å². The third kappa shape index (κ3) is 2.78. The van der Waals surface area contributed by atoms with Crippen molar-refractivity contribution in [3.8, 4) is 0 Å². The number of halogens is 1. The van der Waals surface area contributed by atoms with Crippen LogP contribution < -0.4 is 11.1 Å². The maximum absolute atomic E-state index is 13.3. The molecule has 0 unspecified atom stereocenters. The smallest absolute Gasteiger partial charge is 0.285 e. The predicted molar refractivity (Wildman–Crippen MR) is 66.5 cm³/mol. The number of nitro groups is 1. The molecule has 0 saturated carbocycles. The maximum Gasteiger partial charge on any atom is 0.285 e. The number of amides is 3. The highest BCUT2D eigenvalue weighted by molar-refractivity contribution is 6.07. The van der Waals surface area contributed by atoms with Crippen molar-refractivity contribution < 1.29 is 23.7 Å². The standard InChI is InChI=1S/C11H9FN4O5/c12-6-2-8(16(20)21)5(1-7(6)13)11(19)15-3-9(17)14-10(18)4-15/h1-2H,3-4,13H2,(H,14,17,18). The Kier molecular flexibility index (Phi) is 3.52. The first-order chi connectivity index (χ1) is 9.79. The molecule has 0 aliphatic carbocycles. The predicted octanol–water partition coefficient (Wildman–Crippen LogP) is -0.585. The molecule has 9 nitrogen and oxygen atoms in total. The summed E-state index contributed by atoms with van der Waals surface area (Å²) in [5.74, 6) is -3.41. The van der Waals surface area contributed by atoms with E-state index < -0.39 is 58.5 Å². The second kappa shape index (κ2) is 5.15. The van der Waals surface area contributed by atoms with Gasteiger partial charge in [-0.15, -0.1) is 0 Å². The molecule has 1 heterocycles. The van der Waals surface area contributed by atoms with Gasteiger partial charge in [0, 0.05) is 0 Å². The average molecular weight is 296 g/mol. The molecule has 1 aromatic rings. The van der Waals surface area contributed by atoms with Crippen LogP contribution in [0.1, 0.15) is 10.4 Å². The molecule has 10 heteroatoms. The van der Waals surface area contributed by atoms with E-state index >= 15 is 0 Å². The van der Waals surface area contributed by atoms with Crippen molar-refractivity contribution >= 4 is 29.1 Å². The summed E-state index contributed by atoms with van der Waals surface area (Å²) in [5.41, 5.74) is 3.58. The summed E-state index contributed by atoms with van der Waals surface area (Å²) in [5, 5.41) is 12.9. The van der Waals surface area contributed by atoms with E-state index in [1.807, 2.05) is 5.32 Å². The van der Waals surface area contributed by atoms with Gasteiger partial charge in [-0.05, 0) is 6.07 Å². The summed E-state index contributed by atoms with van der Waals surface area (Å²) >= 11 is 0. The Morgan fingerprint density at radius 1 is 1.33 bits per heavy atom. The Hall–Kier alpha value is -3.04. The summed E-state index contributed by atoms with van der Waals surface area (Å²) in [4.78, 5) is 45.4. The minimum Gasteiger partial charge on any atom is -0.396 e. The zero-order valence-electron chi connectivity index (χ0n) is 10.5. The number of carbonyl (C=O) groups is 3.